The molecule has 0 saturated carbocycles. The lowest BCUT2D eigenvalue weighted by atomic mass is 10.2. The average Bonchev–Trinajstić information content (AvgIpc) is 2.94. The van der Waals surface area contributed by atoms with Crippen LogP contribution in [0.15, 0.2) is 34.3 Å². The maximum atomic E-state index is 12.7. The largest absolute Gasteiger partial charge is 0.311 e. The first-order valence-electron chi connectivity index (χ1n) is 7.64. The van der Waals surface area contributed by atoms with Crippen LogP contribution in [-0.2, 0) is 11.3 Å². The summed E-state index contributed by atoms with van der Waals surface area (Å²) in [5, 5.41) is 12.7. The summed E-state index contributed by atoms with van der Waals surface area (Å²) in [7, 11) is 0. The van der Waals surface area contributed by atoms with E-state index in [0.717, 1.165) is 18.7 Å². The molecule has 0 aliphatic carbocycles. The maximum Gasteiger partial charge on any atom is 0.237 e. The second kappa shape index (κ2) is 7.35. The lowest BCUT2D eigenvalue weighted by Gasteiger charge is -2.22. The lowest BCUT2D eigenvalue weighted by Crippen LogP contribution is -2.33. The molecule has 0 fully saturated rings. The third-order valence-electron chi connectivity index (χ3n) is 3.67. The number of aryl methyl sites for hydroxylation is 1. The summed E-state index contributed by atoms with van der Waals surface area (Å²) in [6.45, 7) is 5.64. The highest BCUT2D eigenvalue weighted by Gasteiger charge is 2.24. The highest BCUT2D eigenvalue weighted by Crippen LogP contribution is 2.37. The first kappa shape index (κ1) is 16.3. The molecule has 3 rings (SSSR count). The monoisotopic (exact) mass is 349 g/mol. The summed E-state index contributed by atoms with van der Waals surface area (Å²) in [5.74, 6) is 0.441. The molecule has 2 aromatic rings. The molecular formula is C15H19N5OS2. The zero-order valence-electron chi connectivity index (χ0n) is 13.2. The summed E-state index contributed by atoms with van der Waals surface area (Å²) >= 11 is 3.23. The van der Waals surface area contributed by atoms with Crippen LogP contribution in [0.3, 0.4) is 0 Å². The standard InChI is InChI=1S/C15H19N5OS2/c1-3-20-15(16-17-18-20)22-10-14(21)19-9-8-11(2)23-13-7-5-4-6-12(13)19/h4-7,11H,3,8-10H2,1-2H3/t11-/m0/s1. The Morgan fingerprint density at radius 3 is 3.09 bits per heavy atom. The predicted molar refractivity (Wildman–Crippen MR) is 92.9 cm³/mol. The van der Waals surface area contributed by atoms with Crippen molar-refractivity contribution in [1.82, 2.24) is 20.2 Å². The number of fused-ring (bicyclic) bond motifs is 1. The fourth-order valence-corrected chi connectivity index (χ4v) is 4.38. The van der Waals surface area contributed by atoms with Crippen LogP contribution >= 0.6 is 23.5 Å². The zero-order valence-corrected chi connectivity index (χ0v) is 14.8. The Bertz CT molecular complexity index is 690. The minimum atomic E-state index is 0.0998. The van der Waals surface area contributed by atoms with Gasteiger partial charge in [-0.1, -0.05) is 30.8 Å². The topological polar surface area (TPSA) is 63.9 Å². The summed E-state index contributed by atoms with van der Waals surface area (Å²) in [6, 6.07) is 8.13. The molecule has 122 valence electrons. The second-order valence-electron chi connectivity index (χ2n) is 5.30. The fourth-order valence-electron chi connectivity index (χ4n) is 2.45. The van der Waals surface area contributed by atoms with E-state index in [-0.39, 0.29) is 5.91 Å². The molecule has 1 aromatic heterocycles. The summed E-state index contributed by atoms with van der Waals surface area (Å²) in [4.78, 5) is 15.8. The van der Waals surface area contributed by atoms with Crippen molar-refractivity contribution >= 4 is 35.1 Å². The molecular weight excluding hydrogens is 330 g/mol. The van der Waals surface area contributed by atoms with Crippen molar-refractivity contribution in [3.8, 4) is 0 Å². The minimum Gasteiger partial charge on any atom is -0.311 e. The molecule has 0 bridgehead atoms. The number of anilines is 1. The Balaban J connectivity index is 1.74. The molecule has 1 atom stereocenters. The van der Waals surface area contributed by atoms with Gasteiger partial charge < -0.3 is 4.90 Å². The maximum absolute atomic E-state index is 12.7. The quantitative estimate of drug-likeness (QED) is 0.791. The van der Waals surface area contributed by atoms with Gasteiger partial charge in [0.1, 0.15) is 0 Å². The van der Waals surface area contributed by atoms with Gasteiger partial charge >= 0.3 is 0 Å². The van der Waals surface area contributed by atoms with E-state index in [2.05, 4.69) is 28.5 Å². The lowest BCUT2D eigenvalue weighted by molar-refractivity contribution is -0.116. The molecule has 0 radical (unpaired) electrons. The number of rotatable bonds is 4. The summed E-state index contributed by atoms with van der Waals surface area (Å²) < 4.78 is 1.70. The molecule has 1 amide bonds. The minimum absolute atomic E-state index is 0.0998. The number of tetrazole rings is 1. The number of aromatic nitrogens is 4. The number of thioether (sulfide) groups is 2. The van der Waals surface area contributed by atoms with Crippen molar-refractivity contribution in [3.05, 3.63) is 24.3 Å². The SMILES string of the molecule is CCn1nnnc1SCC(=O)N1CC[C@H](C)Sc2ccccc21. The first-order chi connectivity index (χ1) is 11.2. The molecule has 23 heavy (non-hydrogen) atoms. The number of hydrogen-bond donors (Lipinski definition) is 0. The molecule has 0 N–H and O–H groups in total. The van der Waals surface area contributed by atoms with Gasteiger partial charge in [-0.15, -0.1) is 16.9 Å². The van der Waals surface area contributed by atoms with Gasteiger partial charge in [0.25, 0.3) is 0 Å². The van der Waals surface area contributed by atoms with E-state index in [9.17, 15) is 4.79 Å². The van der Waals surface area contributed by atoms with E-state index in [1.54, 1.807) is 4.68 Å². The fraction of sp³-hybridized carbons (Fsp3) is 0.467. The van der Waals surface area contributed by atoms with Crippen LogP contribution < -0.4 is 4.90 Å². The third kappa shape index (κ3) is 3.69. The van der Waals surface area contributed by atoms with Gasteiger partial charge in [-0.05, 0) is 35.9 Å². The molecule has 1 aliphatic rings. The highest BCUT2D eigenvalue weighted by molar-refractivity contribution is 8.00. The molecule has 1 aromatic carbocycles. The van der Waals surface area contributed by atoms with Crippen LogP contribution in [0.5, 0.6) is 0 Å². The van der Waals surface area contributed by atoms with E-state index in [0.29, 0.717) is 22.7 Å². The highest BCUT2D eigenvalue weighted by atomic mass is 32.2. The Labute approximate surface area is 144 Å². The van der Waals surface area contributed by atoms with Crippen molar-refractivity contribution in [1.29, 1.82) is 0 Å². The molecule has 0 saturated heterocycles. The van der Waals surface area contributed by atoms with Crippen molar-refractivity contribution in [2.24, 2.45) is 0 Å². The summed E-state index contributed by atoms with van der Waals surface area (Å²) in [5.41, 5.74) is 1.02. The molecule has 6 nitrogen and oxygen atoms in total. The van der Waals surface area contributed by atoms with Crippen molar-refractivity contribution < 1.29 is 4.79 Å². The molecule has 1 aliphatic heterocycles. The Morgan fingerprint density at radius 1 is 1.43 bits per heavy atom. The molecule has 2 heterocycles. The van der Waals surface area contributed by atoms with Gasteiger partial charge in [0.2, 0.25) is 11.1 Å². The Morgan fingerprint density at radius 2 is 2.26 bits per heavy atom. The number of carbonyl (C=O) groups is 1. The van der Waals surface area contributed by atoms with Crippen molar-refractivity contribution in [2.75, 3.05) is 17.2 Å². The number of hydrogen-bond acceptors (Lipinski definition) is 6. The van der Waals surface area contributed by atoms with Gasteiger partial charge in [0.05, 0.1) is 11.4 Å². The van der Waals surface area contributed by atoms with E-state index in [4.69, 9.17) is 0 Å². The smallest absolute Gasteiger partial charge is 0.237 e. The van der Waals surface area contributed by atoms with Crippen molar-refractivity contribution in [2.45, 2.75) is 42.1 Å². The third-order valence-corrected chi connectivity index (χ3v) is 5.85. The Hall–Kier alpha value is -1.54. The average molecular weight is 349 g/mol. The van der Waals surface area contributed by atoms with Crippen LogP contribution in [-0.4, -0.2) is 43.7 Å². The Kier molecular flexibility index (Phi) is 5.22. The van der Waals surface area contributed by atoms with Crippen LogP contribution in [0.2, 0.25) is 0 Å². The predicted octanol–water partition coefficient (Wildman–Crippen LogP) is 2.70. The van der Waals surface area contributed by atoms with E-state index in [1.165, 1.54) is 16.7 Å². The van der Waals surface area contributed by atoms with Crippen LogP contribution in [0.4, 0.5) is 5.69 Å². The molecule has 0 spiro atoms. The van der Waals surface area contributed by atoms with Crippen LogP contribution in [0.25, 0.3) is 0 Å². The molecule has 8 heteroatoms. The van der Waals surface area contributed by atoms with Gasteiger partial charge in [-0.25, -0.2) is 4.68 Å². The first-order valence-corrected chi connectivity index (χ1v) is 9.50. The van der Waals surface area contributed by atoms with Gasteiger partial charge in [0.15, 0.2) is 0 Å². The van der Waals surface area contributed by atoms with Crippen molar-refractivity contribution in [3.63, 3.8) is 0 Å². The number of para-hydroxylation sites is 1. The van der Waals surface area contributed by atoms with E-state index >= 15 is 0 Å². The number of amides is 1. The van der Waals surface area contributed by atoms with Crippen LogP contribution in [0.1, 0.15) is 20.3 Å². The second-order valence-corrected chi connectivity index (χ2v) is 7.72. The number of carbonyl (C=O) groups excluding carboxylic acids is 1. The normalized spacial score (nSPS) is 17.7. The molecule has 0 unspecified atom stereocenters. The number of benzene rings is 1. The number of nitrogens with zero attached hydrogens (tertiary/aromatic N) is 5. The van der Waals surface area contributed by atoms with Gasteiger partial charge in [-0.3, -0.25) is 4.79 Å². The van der Waals surface area contributed by atoms with Crippen LogP contribution in [0, 0.1) is 0 Å². The van der Waals surface area contributed by atoms with Gasteiger partial charge in [0, 0.05) is 23.2 Å². The van der Waals surface area contributed by atoms with Gasteiger partial charge in [-0.2, -0.15) is 0 Å². The van der Waals surface area contributed by atoms with E-state index < -0.39 is 0 Å². The zero-order chi connectivity index (χ0) is 16.2. The summed E-state index contributed by atoms with van der Waals surface area (Å²) in [6.07, 6.45) is 0.989. The van der Waals surface area contributed by atoms with E-state index in [1.807, 2.05) is 41.8 Å².